The SMILES string of the molecule is C=CC1=CC[C@@]2(Cl)C(=O)N(c3ccc(F)cc3)C(=O)[C@@]2(Cl)[C@H]1c1cc(Cl)ccc1O. The number of amides is 2. The number of rotatable bonds is 3. The second-order valence-electron chi connectivity index (χ2n) is 7.18. The molecule has 2 aliphatic rings. The lowest BCUT2D eigenvalue weighted by Crippen LogP contribution is -2.54. The maximum atomic E-state index is 13.6. The molecule has 0 radical (unpaired) electrons. The van der Waals surface area contributed by atoms with E-state index in [2.05, 4.69) is 6.58 Å². The highest BCUT2D eigenvalue weighted by Crippen LogP contribution is 2.60. The Morgan fingerprint density at radius 1 is 1.13 bits per heavy atom. The molecule has 4 nitrogen and oxygen atoms in total. The predicted molar refractivity (Wildman–Crippen MR) is 115 cm³/mol. The summed E-state index contributed by atoms with van der Waals surface area (Å²) >= 11 is 19.9. The second kappa shape index (κ2) is 7.12. The molecule has 0 unspecified atom stereocenters. The third-order valence-corrected chi connectivity index (χ3v) is 7.25. The topological polar surface area (TPSA) is 57.6 Å². The summed E-state index contributed by atoms with van der Waals surface area (Å²) in [7, 11) is 0. The van der Waals surface area contributed by atoms with Gasteiger partial charge in [-0.25, -0.2) is 9.29 Å². The van der Waals surface area contributed by atoms with Crippen LogP contribution in [0.5, 0.6) is 5.75 Å². The average molecular weight is 467 g/mol. The third-order valence-electron chi connectivity index (χ3n) is 5.60. The minimum absolute atomic E-state index is 0.0283. The molecule has 1 aliphatic heterocycles. The zero-order valence-corrected chi connectivity index (χ0v) is 17.7. The van der Waals surface area contributed by atoms with Crippen LogP contribution in [0.15, 0.2) is 66.8 Å². The van der Waals surface area contributed by atoms with Crippen molar-refractivity contribution < 1.29 is 19.1 Å². The fraction of sp³-hybridized carbons (Fsp3) is 0.182. The lowest BCUT2D eigenvalue weighted by molar-refractivity contribution is -0.122. The molecule has 2 aromatic rings. The van der Waals surface area contributed by atoms with E-state index in [-0.39, 0.29) is 23.4 Å². The quantitative estimate of drug-likeness (QED) is 0.492. The first-order valence-electron chi connectivity index (χ1n) is 8.98. The number of carbonyl (C=O) groups excluding carboxylic acids is 2. The van der Waals surface area contributed by atoms with Crippen LogP contribution in [0.3, 0.4) is 0 Å². The highest BCUT2D eigenvalue weighted by Gasteiger charge is 2.73. The fourth-order valence-corrected chi connectivity index (χ4v) is 5.15. The number of fused-ring (bicyclic) bond motifs is 1. The van der Waals surface area contributed by atoms with Gasteiger partial charge >= 0.3 is 0 Å². The van der Waals surface area contributed by atoms with E-state index in [4.69, 9.17) is 34.8 Å². The van der Waals surface area contributed by atoms with Crippen molar-refractivity contribution in [1.82, 2.24) is 0 Å². The van der Waals surface area contributed by atoms with E-state index >= 15 is 0 Å². The van der Waals surface area contributed by atoms with Crippen molar-refractivity contribution >= 4 is 52.3 Å². The number of hydrogen-bond donors (Lipinski definition) is 1. The Hall–Kier alpha value is -2.34. The van der Waals surface area contributed by atoms with E-state index in [0.29, 0.717) is 10.6 Å². The molecule has 1 fully saturated rings. The number of allylic oxidation sites excluding steroid dienone is 3. The number of phenols is 1. The van der Waals surface area contributed by atoms with Crippen LogP contribution in [0.4, 0.5) is 10.1 Å². The fourth-order valence-electron chi connectivity index (χ4n) is 4.13. The number of imide groups is 1. The van der Waals surface area contributed by atoms with Gasteiger partial charge in [0.1, 0.15) is 11.6 Å². The van der Waals surface area contributed by atoms with Crippen LogP contribution in [0.2, 0.25) is 5.02 Å². The summed E-state index contributed by atoms with van der Waals surface area (Å²) in [5.41, 5.74) is 0.923. The molecule has 8 heteroatoms. The Morgan fingerprint density at radius 3 is 2.43 bits per heavy atom. The highest BCUT2D eigenvalue weighted by atomic mass is 35.5. The number of aromatic hydroxyl groups is 1. The summed E-state index contributed by atoms with van der Waals surface area (Å²) in [5.74, 6) is -3.16. The van der Waals surface area contributed by atoms with Gasteiger partial charge in [-0.05, 0) is 54.5 Å². The average Bonchev–Trinajstić information content (AvgIpc) is 2.87. The number of benzene rings is 2. The number of nitrogens with zero attached hydrogens (tertiary/aromatic N) is 1. The largest absolute Gasteiger partial charge is 0.508 e. The molecule has 1 heterocycles. The second-order valence-corrected chi connectivity index (χ2v) is 8.86. The van der Waals surface area contributed by atoms with Gasteiger partial charge in [0.25, 0.3) is 11.8 Å². The van der Waals surface area contributed by atoms with Crippen molar-refractivity contribution in [1.29, 1.82) is 0 Å². The summed E-state index contributed by atoms with van der Waals surface area (Å²) < 4.78 is 13.4. The van der Waals surface area contributed by atoms with E-state index in [1.807, 2.05) is 0 Å². The van der Waals surface area contributed by atoms with Gasteiger partial charge in [0, 0.05) is 16.5 Å². The van der Waals surface area contributed by atoms with Crippen molar-refractivity contribution in [3.63, 3.8) is 0 Å². The molecule has 1 saturated heterocycles. The van der Waals surface area contributed by atoms with Crippen LogP contribution >= 0.6 is 34.8 Å². The van der Waals surface area contributed by atoms with Crippen molar-refractivity contribution in [3.05, 3.63) is 83.2 Å². The van der Waals surface area contributed by atoms with Crippen LogP contribution < -0.4 is 4.90 Å². The molecular formula is C22H15Cl3FNO3. The lowest BCUT2D eigenvalue weighted by Gasteiger charge is -2.42. The molecule has 0 bridgehead atoms. The Kier molecular flexibility index (Phi) is 4.96. The van der Waals surface area contributed by atoms with Gasteiger partial charge in [0.05, 0.1) is 5.69 Å². The molecule has 0 aromatic heterocycles. The number of anilines is 1. The van der Waals surface area contributed by atoms with Crippen LogP contribution in [0.1, 0.15) is 17.9 Å². The van der Waals surface area contributed by atoms with E-state index in [9.17, 15) is 19.1 Å². The van der Waals surface area contributed by atoms with Gasteiger partial charge in [0.15, 0.2) is 9.75 Å². The van der Waals surface area contributed by atoms with Gasteiger partial charge in [-0.1, -0.05) is 30.3 Å². The first kappa shape index (κ1) is 20.9. The smallest absolute Gasteiger partial charge is 0.258 e. The first-order chi connectivity index (χ1) is 14.1. The van der Waals surface area contributed by atoms with Crippen LogP contribution in [-0.2, 0) is 9.59 Å². The minimum Gasteiger partial charge on any atom is -0.508 e. The van der Waals surface area contributed by atoms with Gasteiger partial charge in [-0.15, -0.1) is 23.2 Å². The highest BCUT2D eigenvalue weighted by molar-refractivity contribution is 6.58. The number of hydrogen-bond acceptors (Lipinski definition) is 3. The van der Waals surface area contributed by atoms with Crippen LogP contribution in [0, 0.1) is 5.82 Å². The number of carbonyl (C=O) groups is 2. The summed E-state index contributed by atoms with van der Waals surface area (Å²) in [4.78, 5) is 24.0. The molecule has 0 saturated carbocycles. The summed E-state index contributed by atoms with van der Waals surface area (Å²) in [5, 5.41) is 10.8. The number of halogens is 4. The molecule has 2 amide bonds. The normalized spacial score (nSPS) is 28.3. The maximum absolute atomic E-state index is 13.6. The number of alkyl halides is 2. The van der Waals surface area contributed by atoms with Gasteiger partial charge in [-0.3, -0.25) is 9.59 Å². The molecule has 1 aliphatic carbocycles. The summed E-state index contributed by atoms with van der Waals surface area (Å²) in [6.07, 6.45) is 3.15. The zero-order chi connectivity index (χ0) is 21.8. The molecule has 3 atom stereocenters. The van der Waals surface area contributed by atoms with E-state index in [1.54, 1.807) is 6.08 Å². The van der Waals surface area contributed by atoms with Crippen molar-refractivity contribution in [2.75, 3.05) is 4.90 Å². The molecule has 154 valence electrons. The predicted octanol–water partition coefficient (Wildman–Crippen LogP) is 5.31. The molecule has 4 rings (SSSR count). The van der Waals surface area contributed by atoms with Crippen molar-refractivity contribution in [2.24, 2.45) is 0 Å². The standard InChI is InChI=1S/C22H15Cl3FNO3/c1-2-12-9-10-21(24)19(29)27(15-6-4-14(26)5-7-15)20(30)22(21,25)18(12)16-11-13(23)3-8-17(16)28/h2-9,11,18,28H,1,10H2/t18-,21-,22+/m1/s1. The van der Waals surface area contributed by atoms with Gasteiger partial charge in [-0.2, -0.15) is 0 Å². The summed E-state index contributed by atoms with van der Waals surface area (Å²) in [6, 6.07) is 9.21. The molecular weight excluding hydrogens is 452 g/mol. The monoisotopic (exact) mass is 465 g/mol. The molecule has 1 N–H and O–H groups in total. The lowest BCUT2D eigenvalue weighted by atomic mass is 9.68. The molecule has 2 aromatic carbocycles. The van der Waals surface area contributed by atoms with Crippen LogP contribution in [-0.4, -0.2) is 26.7 Å². The zero-order valence-electron chi connectivity index (χ0n) is 15.4. The Morgan fingerprint density at radius 2 is 1.80 bits per heavy atom. The Labute approximate surface area is 187 Å². The molecule has 0 spiro atoms. The van der Waals surface area contributed by atoms with E-state index in [1.165, 1.54) is 36.4 Å². The van der Waals surface area contributed by atoms with Crippen LogP contribution in [0.25, 0.3) is 0 Å². The minimum atomic E-state index is -1.97. The Bertz CT molecular complexity index is 1120. The Balaban J connectivity index is 1.95. The van der Waals surface area contributed by atoms with Gasteiger partial charge in [0.2, 0.25) is 0 Å². The van der Waals surface area contributed by atoms with Crippen molar-refractivity contribution in [3.8, 4) is 5.75 Å². The van der Waals surface area contributed by atoms with Crippen molar-refractivity contribution in [2.45, 2.75) is 22.1 Å². The maximum Gasteiger partial charge on any atom is 0.258 e. The van der Waals surface area contributed by atoms with E-state index in [0.717, 1.165) is 17.0 Å². The first-order valence-corrected chi connectivity index (χ1v) is 10.1. The summed E-state index contributed by atoms with van der Waals surface area (Å²) in [6.45, 7) is 3.78. The van der Waals surface area contributed by atoms with E-state index < -0.39 is 33.3 Å². The number of phenolic OH excluding ortho intramolecular Hbond substituents is 1. The molecule has 30 heavy (non-hydrogen) atoms. The van der Waals surface area contributed by atoms with Gasteiger partial charge < -0.3 is 5.11 Å². The third kappa shape index (κ3) is 2.73.